The summed E-state index contributed by atoms with van der Waals surface area (Å²) in [6.07, 6.45) is 5.58. The standard InChI is InChI=1S/C22H27N5O2/c1-23-22(26-14-19-8-9-20(28-2)21(12-19)29-3)25-13-17-4-6-18(7-5-17)15-27-11-10-24-16-27/h4-12,16H,13-15H2,1-3H3,(H2,23,25,26). The summed E-state index contributed by atoms with van der Waals surface area (Å²) in [4.78, 5) is 8.36. The molecule has 7 nitrogen and oxygen atoms in total. The number of hydrogen-bond donors (Lipinski definition) is 2. The Balaban J connectivity index is 1.50. The number of hydrogen-bond acceptors (Lipinski definition) is 4. The maximum Gasteiger partial charge on any atom is 0.191 e. The number of guanidine groups is 1. The van der Waals surface area contributed by atoms with Crippen LogP contribution in [0.15, 0.2) is 66.2 Å². The van der Waals surface area contributed by atoms with Crippen LogP contribution in [0.4, 0.5) is 0 Å². The fourth-order valence-corrected chi connectivity index (χ4v) is 2.94. The number of aliphatic imine (C=N–C) groups is 1. The summed E-state index contributed by atoms with van der Waals surface area (Å²) in [5.74, 6) is 2.17. The Morgan fingerprint density at radius 2 is 1.59 bits per heavy atom. The van der Waals surface area contributed by atoms with Crippen molar-refractivity contribution < 1.29 is 9.47 Å². The molecule has 0 aliphatic rings. The topological polar surface area (TPSA) is 72.7 Å². The van der Waals surface area contributed by atoms with Gasteiger partial charge in [-0.25, -0.2) is 4.98 Å². The van der Waals surface area contributed by atoms with Crippen molar-refractivity contribution in [3.63, 3.8) is 0 Å². The summed E-state index contributed by atoms with van der Waals surface area (Å²) in [6, 6.07) is 14.4. The van der Waals surface area contributed by atoms with E-state index in [0.29, 0.717) is 18.8 Å². The number of ether oxygens (including phenoxy) is 2. The minimum absolute atomic E-state index is 0.629. The third kappa shape index (κ3) is 5.75. The highest BCUT2D eigenvalue weighted by molar-refractivity contribution is 5.79. The zero-order chi connectivity index (χ0) is 20.5. The van der Waals surface area contributed by atoms with Crippen LogP contribution in [0.2, 0.25) is 0 Å². The predicted molar refractivity (Wildman–Crippen MR) is 114 cm³/mol. The van der Waals surface area contributed by atoms with E-state index in [1.165, 1.54) is 11.1 Å². The van der Waals surface area contributed by atoms with Crippen LogP contribution >= 0.6 is 0 Å². The molecule has 0 atom stereocenters. The van der Waals surface area contributed by atoms with Gasteiger partial charge in [-0.2, -0.15) is 0 Å². The van der Waals surface area contributed by atoms with E-state index < -0.39 is 0 Å². The molecule has 3 rings (SSSR count). The summed E-state index contributed by atoms with van der Waals surface area (Å²) in [7, 11) is 5.03. The first-order valence-electron chi connectivity index (χ1n) is 9.41. The van der Waals surface area contributed by atoms with Crippen LogP contribution in [0.25, 0.3) is 0 Å². The smallest absolute Gasteiger partial charge is 0.191 e. The molecule has 1 heterocycles. The van der Waals surface area contributed by atoms with Gasteiger partial charge in [-0.05, 0) is 28.8 Å². The average molecular weight is 393 g/mol. The molecule has 0 aliphatic carbocycles. The van der Waals surface area contributed by atoms with Gasteiger partial charge < -0.3 is 24.7 Å². The van der Waals surface area contributed by atoms with Crippen LogP contribution in [0.1, 0.15) is 16.7 Å². The molecule has 0 amide bonds. The quantitative estimate of drug-likeness (QED) is 0.455. The van der Waals surface area contributed by atoms with Crippen LogP contribution in [0.3, 0.4) is 0 Å². The molecule has 7 heteroatoms. The fraction of sp³-hybridized carbons (Fsp3) is 0.273. The summed E-state index contributed by atoms with van der Waals surface area (Å²) >= 11 is 0. The summed E-state index contributed by atoms with van der Waals surface area (Å²) in [6.45, 7) is 2.14. The van der Waals surface area contributed by atoms with Crippen molar-refractivity contribution in [2.24, 2.45) is 4.99 Å². The molecule has 1 aromatic heterocycles. The van der Waals surface area contributed by atoms with E-state index >= 15 is 0 Å². The zero-order valence-electron chi connectivity index (χ0n) is 17.1. The van der Waals surface area contributed by atoms with Crippen molar-refractivity contribution >= 4 is 5.96 Å². The molecule has 0 fully saturated rings. The maximum absolute atomic E-state index is 5.35. The van der Waals surface area contributed by atoms with Gasteiger partial charge in [0.1, 0.15) is 0 Å². The lowest BCUT2D eigenvalue weighted by Crippen LogP contribution is -2.36. The third-order valence-corrected chi connectivity index (χ3v) is 4.54. The lowest BCUT2D eigenvalue weighted by atomic mass is 10.1. The number of rotatable bonds is 8. The second-order valence-corrected chi connectivity index (χ2v) is 6.52. The number of methoxy groups -OCH3 is 2. The van der Waals surface area contributed by atoms with Crippen LogP contribution in [-0.4, -0.2) is 36.8 Å². The third-order valence-electron chi connectivity index (χ3n) is 4.54. The summed E-state index contributed by atoms with van der Waals surface area (Å²) in [5, 5.41) is 6.66. The van der Waals surface area contributed by atoms with Gasteiger partial charge in [0, 0.05) is 39.1 Å². The van der Waals surface area contributed by atoms with Crippen molar-refractivity contribution in [1.82, 2.24) is 20.2 Å². The van der Waals surface area contributed by atoms with Crippen molar-refractivity contribution in [3.05, 3.63) is 77.9 Å². The Labute approximate surface area is 171 Å². The van der Waals surface area contributed by atoms with Crippen molar-refractivity contribution in [2.75, 3.05) is 21.3 Å². The summed E-state index contributed by atoms with van der Waals surface area (Å²) < 4.78 is 12.7. The monoisotopic (exact) mass is 393 g/mol. The molecule has 0 unspecified atom stereocenters. The highest BCUT2D eigenvalue weighted by atomic mass is 16.5. The predicted octanol–water partition coefficient (Wildman–Crippen LogP) is 2.81. The normalized spacial score (nSPS) is 11.2. The molecule has 0 radical (unpaired) electrons. The van der Waals surface area contributed by atoms with Gasteiger partial charge in [-0.1, -0.05) is 30.3 Å². The molecule has 0 aliphatic heterocycles. The first kappa shape index (κ1) is 20.3. The lowest BCUT2D eigenvalue weighted by Gasteiger charge is -2.14. The Bertz CT molecular complexity index is 921. The molecule has 0 spiro atoms. The van der Waals surface area contributed by atoms with Crippen molar-refractivity contribution in [1.29, 1.82) is 0 Å². The van der Waals surface area contributed by atoms with Gasteiger partial charge in [0.15, 0.2) is 17.5 Å². The second-order valence-electron chi connectivity index (χ2n) is 6.52. The first-order valence-corrected chi connectivity index (χ1v) is 9.41. The molecule has 2 aromatic carbocycles. The first-order chi connectivity index (χ1) is 14.2. The molecule has 3 aromatic rings. The Kier molecular flexibility index (Phi) is 7.10. The van der Waals surface area contributed by atoms with Crippen LogP contribution in [0.5, 0.6) is 11.5 Å². The van der Waals surface area contributed by atoms with Crippen LogP contribution in [-0.2, 0) is 19.6 Å². The Hall–Kier alpha value is -3.48. The van der Waals surface area contributed by atoms with E-state index in [-0.39, 0.29) is 0 Å². The number of nitrogens with one attached hydrogen (secondary N) is 2. The highest BCUT2D eigenvalue weighted by Gasteiger charge is 2.05. The average Bonchev–Trinajstić information content (AvgIpc) is 3.27. The zero-order valence-corrected chi connectivity index (χ0v) is 17.1. The van der Waals surface area contributed by atoms with Gasteiger partial charge in [0.05, 0.1) is 20.5 Å². The fourth-order valence-electron chi connectivity index (χ4n) is 2.94. The second kappa shape index (κ2) is 10.2. The van der Waals surface area contributed by atoms with Crippen LogP contribution in [0, 0.1) is 0 Å². The van der Waals surface area contributed by atoms with Gasteiger partial charge >= 0.3 is 0 Å². The van der Waals surface area contributed by atoms with E-state index in [2.05, 4.69) is 44.9 Å². The molecule has 0 bridgehead atoms. The SMILES string of the molecule is CN=C(NCc1ccc(Cn2ccnc2)cc1)NCc1ccc(OC)c(OC)c1. The number of aromatic nitrogens is 2. The van der Waals surface area contributed by atoms with E-state index in [1.807, 2.05) is 35.3 Å². The van der Waals surface area contributed by atoms with E-state index in [1.54, 1.807) is 27.5 Å². The minimum atomic E-state index is 0.629. The van der Waals surface area contributed by atoms with E-state index in [9.17, 15) is 0 Å². The van der Waals surface area contributed by atoms with Gasteiger partial charge in [0.2, 0.25) is 0 Å². The Morgan fingerprint density at radius 1 is 0.931 bits per heavy atom. The molecule has 2 N–H and O–H groups in total. The van der Waals surface area contributed by atoms with Crippen molar-refractivity contribution in [2.45, 2.75) is 19.6 Å². The number of benzene rings is 2. The van der Waals surface area contributed by atoms with Gasteiger partial charge in [-0.15, -0.1) is 0 Å². The molecule has 152 valence electrons. The largest absolute Gasteiger partial charge is 0.493 e. The minimum Gasteiger partial charge on any atom is -0.493 e. The molecule has 29 heavy (non-hydrogen) atoms. The number of nitrogens with zero attached hydrogens (tertiary/aromatic N) is 3. The summed E-state index contributed by atoms with van der Waals surface area (Å²) in [5.41, 5.74) is 3.51. The molecular weight excluding hydrogens is 366 g/mol. The van der Waals surface area contributed by atoms with Gasteiger partial charge in [0.25, 0.3) is 0 Å². The molecular formula is C22H27N5O2. The maximum atomic E-state index is 5.35. The van der Waals surface area contributed by atoms with E-state index in [4.69, 9.17) is 9.47 Å². The Morgan fingerprint density at radius 3 is 2.21 bits per heavy atom. The lowest BCUT2D eigenvalue weighted by molar-refractivity contribution is 0.354. The van der Waals surface area contributed by atoms with E-state index in [0.717, 1.165) is 23.8 Å². The van der Waals surface area contributed by atoms with Crippen LogP contribution < -0.4 is 20.1 Å². The number of imidazole rings is 1. The molecule has 0 saturated heterocycles. The van der Waals surface area contributed by atoms with Crippen molar-refractivity contribution in [3.8, 4) is 11.5 Å². The van der Waals surface area contributed by atoms with Gasteiger partial charge in [-0.3, -0.25) is 4.99 Å². The molecule has 0 saturated carbocycles. The highest BCUT2D eigenvalue weighted by Crippen LogP contribution is 2.27.